The van der Waals surface area contributed by atoms with Crippen LogP contribution in [0.3, 0.4) is 0 Å². The summed E-state index contributed by atoms with van der Waals surface area (Å²) in [7, 11) is 0. The number of carbonyl (C=O) groups is 4. The molecule has 8 heterocycles. The van der Waals surface area contributed by atoms with Gasteiger partial charge < -0.3 is 18.9 Å². The number of ether oxygens (including phenoxy) is 4. The summed E-state index contributed by atoms with van der Waals surface area (Å²) in [5.41, 5.74) is 4.96. The van der Waals surface area contributed by atoms with Crippen molar-refractivity contribution in [3.05, 3.63) is 77.9 Å². The summed E-state index contributed by atoms with van der Waals surface area (Å²) in [6, 6.07) is 7.40. The van der Waals surface area contributed by atoms with Crippen molar-refractivity contribution in [1.29, 1.82) is 0 Å². The van der Waals surface area contributed by atoms with Gasteiger partial charge in [-0.25, -0.2) is 38.4 Å². The maximum atomic E-state index is 13.4. The first kappa shape index (κ1) is 42.5. The number of aromatic nitrogens is 10. The Morgan fingerprint density at radius 1 is 0.719 bits per heavy atom. The SMILES string of the molecule is CC(C)(C)OC(=O)N(c1cc2n(n1)CCOC2)c1cc(C2=CC(=O)CC2)cn2ncnc12.CC(C)(C)OC(=O)N(c1cc2n(n1)CCOC2)c1cc(C2CCC(=O)C2)cn2ncnc12. The lowest BCUT2D eigenvalue weighted by Crippen LogP contribution is -2.34. The van der Waals surface area contributed by atoms with Gasteiger partial charge in [0.15, 0.2) is 28.7 Å². The molecule has 2 aliphatic heterocycles. The molecule has 334 valence electrons. The first-order valence-electron chi connectivity index (χ1n) is 21.3. The average Bonchev–Trinajstić information content (AvgIpc) is 4.08. The Bertz CT molecular complexity index is 2770. The molecule has 4 aliphatic rings. The summed E-state index contributed by atoms with van der Waals surface area (Å²) in [6.45, 7) is 14.1. The van der Waals surface area contributed by atoms with E-state index in [9.17, 15) is 19.2 Å². The van der Waals surface area contributed by atoms with Crippen molar-refractivity contribution >= 4 is 63.6 Å². The van der Waals surface area contributed by atoms with Crippen molar-refractivity contribution < 1.29 is 38.1 Å². The quantitative estimate of drug-likeness (QED) is 0.172. The van der Waals surface area contributed by atoms with E-state index in [0.29, 0.717) is 99.5 Å². The predicted octanol–water partition coefficient (Wildman–Crippen LogP) is 6.64. The van der Waals surface area contributed by atoms with Crippen LogP contribution >= 0.6 is 0 Å². The van der Waals surface area contributed by atoms with Crippen LogP contribution in [0.5, 0.6) is 0 Å². The Kier molecular flexibility index (Phi) is 11.1. The van der Waals surface area contributed by atoms with Gasteiger partial charge in [0.05, 0.1) is 62.3 Å². The minimum atomic E-state index is -0.709. The zero-order valence-corrected chi connectivity index (χ0v) is 36.7. The summed E-state index contributed by atoms with van der Waals surface area (Å²) in [4.78, 5) is 62.2. The van der Waals surface area contributed by atoms with Crippen molar-refractivity contribution in [2.24, 2.45) is 0 Å². The summed E-state index contributed by atoms with van der Waals surface area (Å²) in [5.74, 6) is 1.27. The maximum Gasteiger partial charge on any atom is 0.420 e. The van der Waals surface area contributed by atoms with Gasteiger partial charge >= 0.3 is 12.2 Å². The number of amides is 2. The van der Waals surface area contributed by atoms with E-state index >= 15 is 0 Å². The molecule has 20 nitrogen and oxygen atoms in total. The van der Waals surface area contributed by atoms with E-state index in [-0.39, 0.29) is 17.5 Å². The molecule has 0 radical (unpaired) electrons. The molecule has 0 spiro atoms. The molecule has 6 aromatic heterocycles. The average molecular weight is 875 g/mol. The molecule has 0 saturated heterocycles. The van der Waals surface area contributed by atoms with E-state index in [1.54, 1.807) is 15.1 Å². The molecule has 0 N–H and O–H groups in total. The monoisotopic (exact) mass is 874 g/mol. The second kappa shape index (κ2) is 16.7. The number of rotatable bonds is 6. The Morgan fingerprint density at radius 2 is 1.27 bits per heavy atom. The van der Waals surface area contributed by atoms with Gasteiger partial charge in [0.2, 0.25) is 0 Å². The van der Waals surface area contributed by atoms with Crippen LogP contribution in [0.25, 0.3) is 16.9 Å². The third-order valence-electron chi connectivity index (χ3n) is 11.0. The fourth-order valence-electron chi connectivity index (χ4n) is 8.11. The van der Waals surface area contributed by atoms with Crippen LogP contribution in [0.4, 0.5) is 32.6 Å². The molecule has 1 fully saturated rings. The molecule has 0 aromatic carbocycles. The normalized spacial score (nSPS) is 17.5. The highest BCUT2D eigenvalue weighted by Gasteiger charge is 2.34. The second-order valence-electron chi connectivity index (χ2n) is 18.1. The summed E-state index contributed by atoms with van der Waals surface area (Å²) < 4.78 is 29.5. The van der Waals surface area contributed by atoms with Gasteiger partial charge in [-0.15, -0.1) is 0 Å². The zero-order chi connectivity index (χ0) is 44.9. The third-order valence-corrected chi connectivity index (χ3v) is 11.0. The number of pyridine rings is 2. The zero-order valence-electron chi connectivity index (χ0n) is 36.7. The molecule has 2 aliphatic carbocycles. The fourth-order valence-corrected chi connectivity index (χ4v) is 8.11. The van der Waals surface area contributed by atoms with Crippen LogP contribution in [0.2, 0.25) is 0 Å². The number of hydrogen-bond acceptors (Lipinski definition) is 14. The minimum Gasteiger partial charge on any atom is -0.443 e. The van der Waals surface area contributed by atoms with E-state index in [1.165, 1.54) is 22.5 Å². The van der Waals surface area contributed by atoms with E-state index < -0.39 is 23.4 Å². The fraction of sp³-hybridized carbons (Fsp3) is 0.455. The first-order chi connectivity index (χ1) is 30.6. The minimum absolute atomic E-state index is 0.0824. The molecule has 1 saturated carbocycles. The number of nitrogens with zero attached hydrogens (tertiary/aromatic N) is 12. The Hall–Kier alpha value is -6.80. The van der Waals surface area contributed by atoms with Crippen LogP contribution in [0.15, 0.2) is 55.4 Å². The lowest BCUT2D eigenvalue weighted by atomic mass is 9.99. The Morgan fingerprint density at radius 3 is 1.75 bits per heavy atom. The summed E-state index contributed by atoms with van der Waals surface area (Å²) >= 11 is 0. The highest BCUT2D eigenvalue weighted by Crippen LogP contribution is 2.38. The molecular formula is C44H50N12O8. The number of ketones is 2. The van der Waals surface area contributed by atoms with Crippen molar-refractivity contribution in [2.75, 3.05) is 23.0 Å². The predicted molar refractivity (Wildman–Crippen MR) is 230 cm³/mol. The molecule has 20 heteroatoms. The highest BCUT2D eigenvalue weighted by atomic mass is 16.6. The Labute approximate surface area is 367 Å². The van der Waals surface area contributed by atoms with E-state index in [2.05, 4.69) is 30.4 Å². The van der Waals surface area contributed by atoms with Gasteiger partial charge in [-0.1, -0.05) is 0 Å². The van der Waals surface area contributed by atoms with E-state index in [4.69, 9.17) is 18.9 Å². The topological polar surface area (TPSA) is 208 Å². The maximum absolute atomic E-state index is 13.4. The molecule has 64 heavy (non-hydrogen) atoms. The molecule has 1 unspecified atom stereocenters. The van der Waals surface area contributed by atoms with Crippen LogP contribution in [-0.2, 0) is 54.8 Å². The van der Waals surface area contributed by atoms with E-state index in [0.717, 1.165) is 34.5 Å². The van der Waals surface area contributed by atoms with Crippen LogP contribution < -0.4 is 9.80 Å². The number of carbonyl (C=O) groups excluding carboxylic acids is 4. The summed E-state index contributed by atoms with van der Waals surface area (Å²) in [5, 5.41) is 17.9. The number of hydrogen-bond donors (Lipinski definition) is 0. The largest absolute Gasteiger partial charge is 0.443 e. The second-order valence-corrected chi connectivity index (χ2v) is 18.1. The number of fused-ring (bicyclic) bond motifs is 4. The smallest absolute Gasteiger partial charge is 0.420 e. The van der Waals surface area contributed by atoms with Crippen molar-refractivity contribution in [3.8, 4) is 0 Å². The molecule has 10 rings (SSSR count). The molecular weight excluding hydrogens is 825 g/mol. The highest BCUT2D eigenvalue weighted by molar-refractivity contribution is 6.03. The standard InChI is InChI=1S/C22H26N6O4.C22H24N6O4/c2*1-22(2,3)32-21(30)28(19-10-16-12-31-7-6-26(16)25-19)18-9-15(14-4-5-17(29)8-14)11-27-20(18)23-13-24-27/h9-11,13-14H,4-8,12H2,1-3H3;8-11,13H,4-7,12H2,1-3H3. The number of anilines is 4. The number of allylic oxidation sites excluding steroid dienone is 2. The van der Waals surface area contributed by atoms with Crippen LogP contribution in [0.1, 0.15) is 102 Å². The molecule has 0 bridgehead atoms. The van der Waals surface area contributed by atoms with Gasteiger partial charge in [-0.3, -0.25) is 19.0 Å². The van der Waals surface area contributed by atoms with Gasteiger partial charge in [0.1, 0.15) is 29.6 Å². The van der Waals surface area contributed by atoms with E-state index in [1.807, 2.05) is 87.6 Å². The Balaban J connectivity index is 0.000000162. The lowest BCUT2D eigenvalue weighted by Gasteiger charge is -2.26. The van der Waals surface area contributed by atoms with Crippen LogP contribution in [-0.4, -0.2) is 96.9 Å². The van der Waals surface area contributed by atoms with Gasteiger partial charge in [-0.05, 0) is 95.2 Å². The first-order valence-corrected chi connectivity index (χ1v) is 21.3. The lowest BCUT2D eigenvalue weighted by molar-refractivity contribution is -0.117. The number of Topliss-reactive ketones (excluding diaryl/α,β-unsaturated/α-hetero) is 1. The van der Waals surface area contributed by atoms with Crippen molar-refractivity contribution in [2.45, 2.75) is 117 Å². The summed E-state index contributed by atoms with van der Waals surface area (Å²) in [6.07, 6.45) is 10.0. The molecule has 1 atom stereocenters. The van der Waals surface area contributed by atoms with Gasteiger partial charge in [-0.2, -0.15) is 20.4 Å². The van der Waals surface area contributed by atoms with Crippen molar-refractivity contribution in [3.63, 3.8) is 0 Å². The van der Waals surface area contributed by atoms with Crippen molar-refractivity contribution in [1.82, 2.24) is 48.8 Å². The van der Waals surface area contributed by atoms with Gasteiger partial charge in [0, 0.05) is 43.8 Å². The van der Waals surface area contributed by atoms with Gasteiger partial charge in [0.25, 0.3) is 0 Å². The third kappa shape index (κ3) is 8.87. The molecule has 6 aromatic rings. The molecule has 2 amide bonds. The van der Waals surface area contributed by atoms with Crippen LogP contribution in [0, 0.1) is 0 Å².